The average molecular weight is 450 g/mol. The van der Waals surface area contributed by atoms with Crippen LogP contribution in [0.5, 0.6) is 11.5 Å². The number of ether oxygens (including phenoxy) is 2. The Morgan fingerprint density at radius 1 is 0.906 bits per heavy atom. The van der Waals surface area contributed by atoms with Crippen LogP contribution in [0, 0.1) is 0 Å². The number of hydrogen-bond donors (Lipinski definition) is 3. The number of benzene rings is 3. The molecule has 7 heteroatoms. The molecule has 0 heterocycles. The average Bonchev–Trinajstić information content (AvgIpc) is 2.83. The number of rotatable bonds is 9. The summed E-state index contributed by atoms with van der Waals surface area (Å²) in [4.78, 5) is 13.0. The van der Waals surface area contributed by atoms with Crippen molar-refractivity contribution in [1.82, 2.24) is 10.6 Å². The predicted molar refractivity (Wildman–Crippen MR) is 131 cm³/mol. The molecule has 3 rings (SSSR count). The third-order valence-corrected chi connectivity index (χ3v) is 5.12. The molecule has 166 valence electrons. The molecule has 0 saturated heterocycles. The minimum Gasteiger partial charge on any atom is -0.493 e. The molecule has 0 aliphatic carbocycles. The molecule has 3 aromatic rings. The molecule has 0 fully saturated rings. The van der Waals surface area contributed by atoms with Crippen molar-refractivity contribution in [2.24, 2.45) is 0 Å². The second-order valence-corrected chi connectivity index (χ2v) is 7.45. The summed E-state index contributed by atoms with van der Waals surface area (Å²) in [5.74, 6) is 1.19. The molecule has 0 unspecified atom stereocenters. The first kappa shape index (κ1) is 23.1. The van der Waals surface area contributed by atoms with Crippen LogP contribution < -0.4 is 25.4 Å². The maximum atomic E-state index is 13.0. The summed E-state index contributed by atoms with van der Waals surface area (Å²) in [5.41, 5.74) is 2.64. The minimum absolute atomic E-state index is 0.188. The van der Waals surface area contributed by atoms with Gasteiger partial charge in [-0.2, -0.15) is 0 Å². The fraction of sp³-hybridized carbons (Fsp3) is 0.200. The van der Waals surface area contributed by atoms with Gasteiger partial charge in [0, 0.05) is 12.2 Å². The summed E-state index contributed by atoms with van der Waals surface area (Å²) in [7, 11) is 3.23. The van der Waals surface area contributed by atoms with Gasteiger partial charge in [-0.05, 0) is 54.0 Å². The van der Waals surface area contributed by atoms with Crippen LogP contribution in [-0.2, 0) is 11.2 Å². The van der Waals surface area contributed by atoms with Gasteiger partial charge in [-0.25, -0.2) is 0 Å². The predicted octanol–water partition coefficient (Wildman–Crippen LogP) is 4.09. The molecule has 0 spiro atoms. The summed E-state index contributed by atoms with van der Waals surface area (Å²) in [6.07, 6.45) is 0.731. The second kappa shape index (κ2) is 11.7. The lowest BCUT2D eigenvalue weighted by molar-refractivity contribution is -0.117. The maximum Gasteiger partial charge on any atom is 0.251 e. The van der Waals surface area contributed by atoms with Crippen LogP contribution in [0.4, 0.5) is 5.69 Å². The van der Waals surface area contributed by atoms with E-state index in [4.69, 9.17) is 21.7 Å². The Hall–Kier alpha value is -3.58. The van der Waals surface area contributed by atoms with Gasteiger partial charge in [0.1, 0.15) is 6.04 Å². The smallest absolute Gasteiger partial charge is 0.251 e. The van der Waals surface area contributed by atoms with Gasteiger partial charge in [-0.15, -0.1) is 0 Å². The van der Waals surface area contributed by atoms with Gasteiger partial charge in [-0.1, -0.05) is 54.6 Å². The summed E-state index contributed by atoms with van der Waals surface area (Å²) >= 11 is 5.47. The molecule has 1 atom stereocenters. The third kappa shape index (κ3) is 6.46. The Kier molecular flexibility index (Phi) is 8.45. The van der Waals surface area contributed by atoms with E-state index in [0.717, 1.165) is 23.2 Å². The SMILES string of the molecule is COc1ccc(CCNC(=S)N[C@@H](C(=O)Nc2ccccc2)c2ccccc2)cc1OC. The maximum absolute atomic E-state index is 13.0. The van der Waals surface area contributed by atoms with Crippen molar-refractivity contribution >= 4 is 28.9 Å². The molecule has 3 N–H and O–H groups in total. The standard InChI is InChI=1S/C25H27N3O3S/c1-30-21-14-13-18(17-22(21)31-2)15-16-26-25(32)28-23(19-9-5-3-6-10-19)24(29)27-20-11-7-4-8-12-20/h3-14,17,23H,15-16H2,1-2H3,(H,27,29)(H2,26,28,32)/t23-/m1/s1. The number of hydrogen-bond acceptors (Lipinski definition) is 4. The largest absolute Gasteiger partial charge is 0.493 e. The van der Waals surface area contributed by atoms with E-state index in [9.17, 15) is 4.79 Å². The van der Waals surface area contributed by atoms with Gasteiger partial charge in [0.2, 0.25) is 0 Å². The summed E-state index contributed by atoms with van der Waals surface area (Å²) in [6.45, 7) is 0.600. The number of nitrogens with one attached hydrogen (secondary N) is 3. The van der Waals surface area contributed by atoms with Gasteiger partial charge >= 0.3 is 0 Å². The minimum atomic E-state index is -0.627. The fourth-order valence-electron chi connectivity index (χ4n) is 3.22. The Balaban J connectivity index is 1.61. The number of carbonyl (C=O) groups excluding carboxylic acids is 1. The first-order valence-corrected chi connectivity index (χ1v) is 10.7. The lowest BCUT2D eigenvalue weighted by Gasteiger charge is -2.21. The molecule has 0 aliphatic rings. The van der Waals surface area contributed by atoms with Crippen molar-refractivity contribution < 1.29 is 14.3 Å². The van der Waals surface area contributed by atoms with Crippen molar-refractivity contribution in [2.45, 2.75) is 12.5 Å². The highest BCUT2D eigenvalue weighted by molar-refractivity contribution is 7.80. The molecule has 3 aromatic carbocycles. The zero-order valence-electron chi connectivity index (χ0n) is 18.1. The summed E-state index contributed by atoms with van der Waals surface area (Å²) in [5, 5.41) is 9.67. The van der Waals surface area contributed by atoms with E-state index in [1.165, 1.54) is 0 Å². The first-order valence-electron chi connectivity index (χ1n) is 10.3. The molecule has 0 aliphatic heterocycles. The lowest BCUT2D eigenvalue weighted by Crippen LogP contribution is -2.43. The van der Waals surface area contributed by atoms with Gasteiger partial charge in [0.05, 0.1) is 14.2 Å². The molecular formula is C25H27N3O3S. The number of para-hydroxylation sites is 1. The van der Waals surface area contributed by atoms with E-state index in [0.29, 0.717) is 23.2 Å². The number of carbonyl (C=O) groups is 1. The van der Waals surface area contributed by atoms with E-state index in [1.54, 1.807) is 14.2 Å². The number of methoxy groups -OCH3 is 2. The van der Waals surface area contributed by atoms with Crippen molar-refractivity contribution in [3.8, 4) is 11.5 Å². The van der Waals surface area contributed by atoms with Crippen LogP contribution in [0.1, 0.15) is 17.2 Å². The van der Waals surface area contributed by atoms with Crippen molar-refractivity contribution in [1.29, 1.82) is 0 Å². The number of anilines is 1. The van der Waals surface area contributed by atoms with Gasteiger partial charge in [-0.3, -0.25) is 4.79 Å². The molecule has 6 nitrogen and oxygen atoms in total. The van der Waals surface area contributed by atoms with E-state index in [-0.39, 0.29) is 5.91 Å². The molecule has 1 amide bonds. The van der Waals surface area contributed by atoms with Crippen LogP contribution >= 0.6 is 12.2 Å². The van der Waals surface area contributed by atoms with Crippen molar-refractivity contribution in [3.63, 3.8) is 0 Å². The van der Waals surface area contributed by atoms with Crippen LogP contribution in [0.3, 0.4) is 0 Å². The molecule has 32 heavy (non-hydrogen) atoms. The highest BCUT2D eigenvalue weighted by Gasteiger charge is 2.21. The normalized spacial score (nSPS) is 11.2. The Labute approximate surface area is 193 Å². The topological polar surface area (TPSA) is 71.6 Å². The second-order valence-electron chi connectivity index (χ2n) is 7.04. The zero-order chi connectivity index (χ0) is 22.8. The van der Waals surface area contributed by atoms with E-state index < -0.39 is 6.04 Å². The first-order chi connectivity index (χ1) is 15.6. The van der Waals surface area contributed by atoms with Crippen molar-refractivity contribution in [3.05, 3.63) is 90.0 Å². The van der Waals surface area contributed by atoms with E-state index in [2.05, 4.69) is 16.0 Å². The molecule has 0 bridgehead atoms. The van der Waals surface area contributed by atoms with Crippen LogP contribution in [0.2, 0.25) is 0 Å². The number of thiocarbonyl (C=S) groups is 1. The molecule has 0 aromatic heterocycles. The Morgan fingerprint density at radius 2 is 1.56 bits per heavy atom. The third-order valence-electron chi connectivity index (χ3n) is 4.86. The van der Waals surface area contributed by atoms with Gasteiger partial charge in [0.15, 0.2) is 16.6 Å². The van der Waals surface area contributed by atoms with Crippen LogP contribution in [-0.4, -0.2) is 31.8 Å². The lowest BCUT2D eigenvalue weighted by atomic mass is 10.1. The number of amides is 1. The highest BCUT2D eigenvalue weighted by atomic mass is 32.1. The molecular weight excluding hydrogens is 422 g/mol. The van der Waals surface area contributed by atoms with Gasteiger partial charge in [0.25, 0.3) is 5.91 Å². The van der Waals surface area contributed by atoms with Crippen LogP contribution in [0.15, 0.2) is 78.9 Å². The Bertz CT molecular complexity index is 1030. The van der Waals surface area contributed by atoms with Crippen LogP contribution in [0.25, 0.3) is 0 Å². The van der Waals surface area contributed by atoms with E-state index >= 15 is 0 Å². The molecule has 0 saturated carbocycles. The Morgan fingerprint density at radius 3 is 2.22 bits per heavy atom. The van der Waals surface area contributed by atoms with Gasteiger partial charge < -0.3 is 25.4 Å². The highest BCUT2D eigenvalue weighted by Crippen LogP contribution is 2.27. The summed E-state index contributed by atoms with van der Waals surface area (Å²) in [6, 6.07) is 24.0. The quantitative estimate of drug-likeness (QED) is 0.428. The molecule has 0 radical (unpaired) electrons. The fourth-order valence-corrected chi connectivity index (χ4v) is 3.44. The summed E-state index contributed by atoms with van der Waals surface area (Å²) < 4.78 is 10.6. The van der Waals surface area contributed by atoms with Crippen molar-refractivity contribution in [2.75, 3.05) is 26.1 Å². The monoisotopic (exact) mass is 449 g/mol. The zero-order valence-corrected chi connectivity index (χ0v) is 18.9. The van der Waals surface area contributed by atoms with E-state index in [1.807, 2.05) is 78.9 Å².